The Hall–Kier alpha value is -1.33. The van der Waals surface area contributed by atoms with Crippen LogP contribution < -0.4 is 0 Å². The zero-order valence-corrected chi connectivity index (χ0v) is 19.4. The van der Waals surface area contributed by atoms with Crippen molar-refractivity contribution in [3.63, 3.8) is 0 Å². The molecule has 6 radical (unpaired) electrons. The van der Waals surface area contributed by atoms with Crippen LogP contribution in [0.2, 0.25) is 0 Å². The topological polar surface area (TPSA) is 233 Å². The molecule has 2 rings (SSSR count). The van der Waals surface area contributed by atoms with Crippen LogP contribution in [-0.4, -0.2) is 145 Å². The summed E-state index contributed by atoms with van der Waals surface area (Å²) >= 11 is 0. The quantitative estimate of drug-likeness (QED) is 0.179. The van der Waals surface area contributed by atoms with Crippen LogP contribution in [0.5, 0.6) is 0 Å². The first-order valence-electron chi connectivity index (χ1n) is 9.73. The van der Waals surface area contributed by atoms with Crippen molar-refractivity contribution in [2.75, 3.05) is 20.3 Å². The van der Waals surface area contributed by atoms with Gasteiger partial charge in [-0.15, -0.1) is 0 Å². The van der Waals surface area contributed by atoms with Crippen LogP contribution in [0.1, 0.15) is 50.5 Å². The Balaban J connectivity index is -0.000000133. The average Bonchev–Trinajstić information content (AvgIpc) is 2.71. The zero-order chi connectivity index (χ0) is 25.2. The van der Waals surface area contributed by atoms with Crippen molar-refractivity contribution in [2.45, 2.75) is 106 Å². The van der Waals surface area contributed by atoms with Crippen molar-refractivity contribution < 1.29 is 69.4 Å². The van der Waals surface area contributed by atoms with Gasteiger partial charge in [0.1, 0.15) is 30.5 Å². The molecule has 10 atom stereocenters. The maximum atomic E-state index is 11.2. The highest BCUT2D eigenvalue weighted by Crippen LogP contribution is 2.31. The highest BCUT2D eigenvalue weighted by Gasteiger charge is 2.51. The molecule has 0 aromatic rings. The molecule has 4 unspecified atom stereocenters. The maximum absolute atomic E-state index is 11.2. The van der Waals surface area contributed by atoms with Crippen LogP contribution >= 0.6 is 0 Å². The van der Waals surface area contributed by atoms with E-state index in [-0.39, 0.29) is 53.1 Å². The molecule has 16 heteroatoms. The molecule has 0 aromatic carbocycles. The number of hydrogen-bond acceptors (Lipinski definition) is 12. The third-order valence-corrected chi connectivity index (χ3v) is 4.51. The number of carboxylic acid groups (broad SMARTS) is 2. The first kappa shape index (κ1) is 53.0. The third kappa shape index (κ3) is 15.3. The van der Waals surface area contributed by atoms with E-state index in [9.17, 15) is 30.3 Å². The van der Waals surface area contributed by atoms with E-state index in [1.165, 1.54) is 14.0 Å². The van der Waals surface area contributed by atoms with Crippen LogP contribution in [0.25, 0.3) is 0 Å². The number of aliphatic carboxylic acids is 2. The fourth-order valence-corrected chi connectivity index (χ4v) is 2.97. The minimum Gasteiger partial charge on any atom is -0.481 e. The van der Waals surface area contributed by atoms with E-state index in [4.69, 9.17) is 39.1 Å². The van der Waals surface area contributed by atoms with E-state index in [0.717, 1.165) is 6.92 Å². The predicted octanol–water partition coefficient (Wildman–Crippen LogP) is -1.50. The number of aliphatic hydroxyl groups excluding tert-OH is 6. The lowest BCUT2D eigenvalue weighted by Gasteiger charge is -2.45. The molecule has 2 heterocycles. The van der Waals surface area contributed by atoms with Gasteiger partial charge in [-0.3, -0.25) is 4.79 Å². The number of hydrogen-bond donors (Lipinski definition) is 8. The Bertz CT molecular complexity index is 568. The van der Waals surface area contributed by atoms with Gasteiger partial charge in [0, 0.05) is 43.4 Å². The summed E-state index contributed by atoms with van der Waals surface area (Å²) in [4.78, 5) is 20.2. The predicted molar refractivity (Wildman–Crippen MR) is 142 cm³/mol. The molecule has 0 bridgehead atoms. The minimum atomic E-state index is -1.61. The molecule has 2 saturated heterocycles. The number of methoxy groups -OCH3 is 1. The maximum Gasteiger partial charge on any atom is 0.333 e. The molecule has 2 fully saturated rings. The van der Waals surface area contributed by atoms with Gasteiger partial charge >= 0.3 is 5.97 Å². The van der Waals surface area contributed by atoms with Gasteiger partial charge in [0.2, 0.25) is 0 Å². The van der Waals surface area contributed by atoms with E-state index in [0.29, 0.717) is 0 Å². The summed E-state index contributed by atoms with van der Waals surface area (Å²) in [5.74, 6) is -3.09. The minimum absolute atomic E-state index is 0. The van der Waals surface area contributed by atoms with E-state index in [1.807, 2.05) is 0 Å². The summed E-state index contributed by atoms with van der Waals surface area (Å²) in [5, 5.41) is 73.8. The fraction of sp³-hybridized carbons (Fsp3) is 0.909. The van der Waals surface area contributed by atoms with Gasteiger partial charge < -0.3 is 59.8 Å². The number of carbonyl (C=O) groups is 2. The fourth-order valence-electron chi connectivity index (χ4n) is 2.97. The SMILES string of the molecule is C.C.C.C.CC(=O)O.CCO.CO[C@@H]1OC(CO)[C@@H](O[C@H]2OC(C(=O)O)[C@@H](C)[C@@H](O)C2O)[C@@H](O)C1O.[B].[B]. The van der Waals surface area contributed by atoms with Crippen LogP contribution in [-0.2, 0) is 28.5 Å². The molecule has 0 aliphatic carbocycles. The van der Waals surface area contributed by atoms with Crippen LogP contribution in [0.4, 0.5) is 0 Å². The van der Waals surface area contributed by atoms with Gasteiger partial charge in [-0.05, 0) is 6.92 Å². The zero-order valence-electron chi connectivity index (χ0n) is 19.4. The van der Waals surface area contributed by atoms with E-state index >= 15 is 0 Å². The van der Waals surface area contributed by atoms with Crippen molar-refractivity contribution in [3.05, 3.63) is 0 Å². The molecule has 2 aliphatic rings. The molecule has 14 nitrogen and oxygen atoms in total. The first-order valence-corrected chi connectivity index (χ1v) is 9.73. The molecular weight excluding hydrogens is 510 g/mol. The largest absolute Gasteiger partial charge is 0.481 e. The molecule has 2 aliphatic heterocycles. The third-order valence-electron chi connectivity index (χ3n) is 4.51. The lowest BCUT2D eigenvalue weighted by atomic mass is 9.90. The Morgan fingerprint density at radius 3 is 1.55 bits per heavy atom. The Morgan fingerprint density at radius 1 is 0.816 bits per heavy atom. The standard InChI is InChI=1S/C14H24O11.C2H4O2.C2H6O.4CH4.2B/c1-4-6(16)8(18)14(24-10(4)12(20)21)25-11-5(3-15)23-13(22-2)9(19)7(11)17;1-2(3)4;1-2-3;;;;;;/h4-11,13-19H,3H2,1-2H3,(H,20,21);1H3,(H,3,4);3H,2H2,1H3;4*1H4;;/t4-,5?,6+,7-,8?,9?,10?,11+,13+,14+;;;;;;;;/m0......../s1. The second kappa shape index (κ2) is 25.9. The van der Waals surface area contributed by atoms with Crippen molar-refractivity contribution in [1.29, 1.82) is 0 Å². The second-order valence-electron chi connectivity index (χ2n) is 6.98. The molecule has 8 N–H and O–H groups in total. The van der Waals surface area contributed by atoms with Gasteiger partial charge in [0.15, 0.2) is 18.7 Å². The molecule has 0 amide bonds. The van der Waals surface area contributed by atoms with Crippen molar-refractivity contribution in [3.8, 4) is 0 Å². The Kier molecular flexibility index (Phi) is 36.2. The summed E-state index contributed by atoms with van der Waals surface area (Å²) in [5.41, 5.74) is 0. The summed E-state index contributed by atoms with van der Waals surface area (Å²) in [6.45, 7) is 3.80. The monoisotopic (exact) mass is 560 g/mol. The highest BCUT2D eigenvalue weighted by atomic mass is 16.7. The number of rotatable bonds is 5. The van der Waals surface area contributed by atoms with Crippen LogP contribution in [0, 0.1) is 5.92 Å². The van der Waals surface area contributed by atoms with Crippen molar-refractivity contribution in [2.24, 2.45) is 5.92 Å². The van der Waals surface area contributed by atoms with Gasteiger partial charge in [0.05, 0.1) is 12.7 Å². The smallest absolute Gasteiger partial charge is 0.333 e. The second-order valence-corrected chi connectivity index (χ2v) is 6.98. The van der Waals surface area contributed by atoms with E-state index < -0.39 is 79.8 Å². The van der Waals surface area contributed by atoms with Gasteiger partial charge in [0.25, 0.3) is 5.97 Å². The Labute approximate surface area is 230 Å². The summed E-state index contributed by atoms with van der Waals surface area (Å²) < 4.78 is 20.7. The molecule has 38 heavy (non-hydrogen) atoms. The van der Waals surface area contributed by atoms with Crippen LogP contribution in [0.3, 0.4) is 0 Å². The Morgan fingerprint density at radius 2 is 1.21 bits per heavy atom. The lowest BCUT2D eigenvalue weighted by molar-refractivity contribution is -0.349. The van der Waals surface area contributed by atoms with Crippen molar-refractivity contribution in [1.82, 2.24) is 0 Å². The van der Waals surface area contributed by atoms with Crippen LogP contribution in [0.15, 0.2) is 0 Å². The highest BCUT2D eigenvalue weighted by molar-refractivity contribution is 5.76. The molecule has 0 spiro atoms. The van der Waals surface area contributed by atoms with E-state index in [2.05, 4.69) is 0 Å². The number of ether oxygens (including phenoxy) is 4. The molecule has 0 saturated carbocycles. The van der Waals surface area contributed by atoms with Crippen molar-refractivity contribution >= 4 is 28.8 Å². The number of carboxylic acids is 2. The first-order chi connectivity index (χ1) is 14.9. The average molecular weight is 560 g/mol. The molecule has 228 valence electrons. The van der Waals surface area contributed by atoms with Gasteiger partial charge in [-0.2, -0.15) is 0 Å². The summed E-state index contributed by atoms with van der Waals surface area (Å²) in [6, 6.07) is 0. The lowest BCUT2D eigenvalue weighted by Crippen LogP contribution is -2.63. The van der Waals surface area contributed by atoms with Gasteiger partial charge in [-0.1, -0.05) is 36.6 Å². The van der Waals surface area contributed by atoms with Gasteiger partial charge in [-0.25, -0.2) is 4.79 Å². The molecular formula is C22H50B2O14. The van der Waals surface area contributed by atoms with E-state index in [1.54, 1.807) is 6.92 Å². The molecule has 0 aromatic heterocycles. The summed E-state index contributed by atoms with van der Waals surface area (Å²) in [6.07, 6.45) is -12.9. The number of aliphatic hydroxyl groups is 6. The summed E-state index contributed by atoms with van der Waals surface area (Å²) in [7, 11) is 1.24. The normalized spacial score (nSPS) is 32.9.